The topological polar surface area (TPSA) is 50.3 Å². The van der Waals surface area contributed by atoms with Gasteiger partial charge in [0.15, 0.2) is 0 Å². The summed E-state index contributed by atoms with van der Waals surface area (Å²) in [6, 6.07) is 3.70. The molecule has 0 radical (unpaired) electrons. The molecule has 0 spiro atoms. The van der Waals surface area contributed by atoms with Crippen LogP contribution in [0.25, 0.3) is 0 Å². The molecule has 2 heterocycles. The molecule has 4 nitrogen and oxygen atoms in total. The molecule has 1 saturated heterocycles. The third-order valence-electron chi connectivity index (χ3n) is 5.18. The van der Waals surface area contributed by atoms with Crippen LogP contribution in [0.4, 0.5) is 5.82 Å². The van der Waals surface area contributed by atoms with Crippen molar-refractivity contribution in [2.75, 3.05) is 4.90 Å². The van der Waals surface area contributed by atoms with Gasteiger partial charge < -0.3 is 0 Å². The molecule has 6 heteroatoms. The smallest absolute Gasteiger partial charge is 0.239 e. The monoisotopic (exact) mass is 412 g/mol. The van der Waals surface area contributed by atoms with E-state index in [1.165, 1.54) is 4.90 Å². The number of carbonyl (C=O) groups is 2. The molecule has 0 N–H and O–H groups in total. The predicted octanol–water partition coefficient (Wildman–Crippen LogP) is 2.67. The Morgan fingerprint density at radius 1 is 1.14 bits per heavy atom. The number of hydrogen-bond donors (Lipinski definition) is 0. The maximum absolute atomic E-state index is 12.8. The number of imide groups is 1. The van der Waals surface area contributed by atoms with Crippen molar-refractivity contribution in [2.24, 2.45) is 23.7 Å². The number of aryl methyl sites for hydroxylation is 1. The Labute approximate surface area is 139 Å². The summed E-state index contributed by atoms with van der Waals surface area (Å²) in [6.45, 7) is 1.88. The number of amides is 2. The quantitative estimate of drug-likeness (QED) is 0.525. The van der Waals surface area contributed by atoms with Gasteiger partial charge in [-0.15, -0.1) is 0 Å². The fourth-order valence-electron chi connectivity index (χ4n) is 4.27. The van der Waals surface area contributed by atoms with E-state index in [0.717, 1.165) is 12.0 Å². The number of aromatic nitrogens is 1. The van der Waals surface area contributed by atoms with Crippen LogP contribution in [-0.4, -0.2) is 26.5 Å². The number of pyridine rings is 1. The van der Waals surface area contributed by atoms with Crippen LogP contribution in [0.5, 0.6) is 0 Å². The van der Waals surface area contributed by atoms with Crippen molar-refractivity contribution in [3.8, 4) is 0 Å². The molecule has 1 aromatic heterocycles. The SMILES string of the molecule is Cc1cccnc1N1C(=O)[C@@H]2[C@H]3C[C@@H]([C@H](Br)[C@H]3Br)[C@H]2C1=O. The van der Waals surface area contributed by atoms with Gasteiger partial charge >= 0.3 is 0 Å². The molecule has 3 fully saturated rings. The summed E-state index contributed by atoms with van der Waals surface area (Å²) < 4.78 is 0. The Balaban J connectivity index is 1.77. The summed E-state index contributed by atoms with van der Waals surface area (Å²) >= 11 is 7.38. The lowest BCUT2D eigenvalue weighted by atomic mass is 9.81. The van der Waals surface area contributed by atoms with E-state index >= 15 is 0 Å². The lowest BCUT2D eigenvalue weighted by Gasteiger charge is -2.28. The van der Waals surface area contributed by atoms with Crippen LogP contribution in [-0.2, 0) is 9.59 Å². The van der Waals surface area contributed by atoms with Crippen LogP contribution >= 0.6 is 31.9 Å². The Morgan fingerprint density at radius 2 is 1.71 bits per heavy atom. The number of fused-ring (bicyclic) bond motifs is 5. The van der Waals surface area contributed by atoms with E-state index in [-0.39, 0.29) is 45.1 Å². The molecule has 1 aliphatic heterocycles. The number of nitrogens with zero attached hydrogens (tertiary/aromatic N) is 2. The van der Waals surface area contributed by atoms with Crippen molar-refractivity contribution in [1.82, 2.24) is 4.98 Å². The minimum absolute atomic E-state index is 0.0665. The van der Waals surface area contributed by atoms with Gasteiger partial charge in [-0.25, -0.2) is 9.88 Å². The zero-order chi connectivity index (χ0) is 14.9. The number of halogens is 2. The molecular formula is C15H14Br2N2O2. The highest BCUT2D eigenvalue weighted by atomic mass is 79.9. The van der Waals surface area contributed by atoms with E-state index in [2.05, 4.69) is 36.8 Å². The minimum Gasteiger partial charge on any atom is -0.274 e. The van der Waals surface area contributed by atoms with Crippen molar-refractivity contribution in [3.63, 3.8) is 0 Å². The second-order valence-electron chi connectivity index (χ2n) is 6.16. The molecule has 4 rings (SSSR count). The van der Waals surface area contributed by atoms with Crippen molar-refractivity contribution in [3.05, 3.63) is 23.9 Å². The zero-order valence-electron chi connectivity index (χ0n) is 11.4. The van der Waals surface area contributed by atoms with E-state index in [1.54, 1.807) is 6.20 Å². The number of rotatable bonds is 1. The van der Waals surface area contributed by atoms with Gasteiger partial charge in [-0.2, -0.15) is 0 Å². The summed E-state index contributed by atoms with van der Waals surface area (Å²) in [7, 11) is 0. The first-order chi connectivity index (χ1) is 10.0. The summed E-state index contributed by atoms with van der Waals surface area (Å²) in [5, 5.41) is 0. The van der Waals surface area contributed by atoms with Crippen molar-refractivity contribution >= 4 is 49.5 Å². The fraction of sp³-hybridized carbons (Fsp3) is 0.533. The normalized spacial score (nSPS) is 41.0. The molecule has 2 amide bonds. The number of alkyl halides is 2. The second-order valence-corrected chi connectivity index (χ2v) is 8.27. The summed E-state index contributed by atoms with van der Waals surface area (Å²) in [6.07, 6.45) is 2.58. The van der Waals surface area contributed by atoms with Gasteiger partial charge in [0.2, 0.25) is 11.8 Å². The maximum Gasteiger partial charge on any atom is 0.239 e. The molecule has 3 aliphatic rings. The van der Waals surface area contributed by atoms with Crippen molar-refractivity contribution in [2.45, 2.75) is 23.0 Å². The molecule has 2 aliphatic carbocycles. The zero-order valence-corrected chi connectivity index (χ0v) is 14.5. The first-order valence-electron chi connectivity index (χ1n) is 7.10. The molecule has 110 valence electrons. The Morgan fingerprint density at radius 3 is 2.24 bits per heavy atom. The van der Waals surface area contributed by atoms with Crippen molar-refractivity contribution in [1.29, 1.82) is 0 Å². The third kappa shape index (κ3) is 1.69. The largest absolute Gasteiger partial charge is 0.274 e. The van der Waals surface area contributed by atoms with E-state index < -0.39 is 0 Å². The lowest BCUT2D eigenvalue weighted by Crippen LogP contribution is -2.37. The first kappa shape index (κ1) is 13.9. The number of anilines is 1. The molecule has 0 unspecified atom stereocenters. The van der Waals surface area contributed by atoms with Gasteiger partial charge in [-0.05, 0) is 36.8 Å². The number of hydrogen-bond acceptors (Lipinski definition) is 3. The van der Waals surface area contributed by atoms with Crippen LogP contribution in [0.3, 0.4) is 0 Å². The highest BCUT2D eigenvalue weighted by molar-refractivity contribution is 9.12. The Bertz CT molecular complexity index is 618. The summed E-state index contributed by atoms with van der Waals surface area (Å²) in [5.74, 6) is 0.499. The first-order valence-corrected chi connectivity index (χ1v) is 8.93. The molecule has 2 bridgehead atoms. The van der Waals surface area contributed by atoms with E-state index in [0.29, 0.717) is 5.82 Å². The van der Waals surface area contributed by atoms with Crippen LogP contribution in [0.2, 0.25) is 0 Å². The van der Waals surface area contributed by atoms with Crippen LogP contribution in [0.1, 0.15) is 12.0 Å². The standard InChI is InChI=1S/C15H14Br2N2O2/c1-6-3-2-4-18-13(6)19-14(20)9-7-5-8(10(9)15(19)21)12(17)11(7)16/h2-4,7-12H,5H2,1H3/t7-,8-,9-,10-,11+,12+/m1/s1. The van der Waals surface area contributed by atoms with Crippen LogP contribution < -0.4 is 4.90 Å². The molecular weight excluding hydrogens is 400 g/mol. The highest BCUT2D eigenvalue weighted by Gasteiger charge is 2.66. The minimum atomic E-state index is -0.179. The average molecular weight is 414 g/mol. The highest BCUT2D eigenvalue weighted by Crippen LogP contribution is 2.60. The summed E-state index contributed by atoms with van der Waals surface area (Å²) in [4.78, 5) is 31.8. The van der Waals surface area contributed by atoms with Crippen molar-refractivity contribution < 1.29 is 9.59 Å². The molecule has 1 aromatic rings. The molecule has 21 heavy (non-hydrogen) atoms. The molecule has 0 aromatic carbocycles. The van der Waals surface area contributed by atoms with Crippen LogP contribution in [0, 0.1) is 30.6 Å². The maximum atomic E-state index is 12.8. The van der Waals surface area contributed by atoms with E-state index in [4.69, 9.17) is 0 Å². The van der Waals surface area contributed by atoms with Gasteiger partial charge in [0.25, 0.3) is 0 Å². The average Bonchev–Trinajstić information content (AvgIpc) is 3.06. The van der Waals surface area contributed by atoms with Gasteiger partial charge in [-0.1, -0.05) is 37.9 Å². The van der Waals surface area contributed by atoms with Crippen LogP contribution in [0.15, 0.2) is 18.3 Å². The fourth-order valence-corrected chi connectivity index (χ4v) is 6.14. The van der Waals surface area contributed by atoms with Gasteiger partial charge in [-0.3, -0.25) is 9.59 Å². The third-order valence-corrected chi connectivity index (χ3v) is 8.39. The Hall–Kier alpha value is -0.750. The second kappa shape index (κ2) is 4.62. The number of carbonyl (C=O) groups excluding carboxylic acids is 2. The van der Waals surface area contributed by atoms with Gasteiger partial charge in [0, 0.05) is 15.9 Å². The predicted molar refractivity (Wildman–Crippen MR) is 85.5 cm³/mol. The molecule has 6 atom stereocenters. The summed E-state index contributed by atoms with van der Waals surface area (Å²) in [5.41, 5.74) is 0.859. The molecule has 2 saturated carbocycles. The Kier molecular flexibility index (Phi) is 3.05. The van der Waals surface area contributed by atoms with Gasteiger partial charge in [0.05, 0.1) is 11.8 Å². The van der Waals surface area contributed by atoms with Gasteiger partial charge in [0.1, 0.15) is 5.82 Å². The van der Waals surface area contributed by atoms with E-state index in [1.807, 2.05) is 19.1 Å². The lowest BCUT2D eigenvalue weighted by molar-refractivity contribution is -0.123. The van der Waals surface area contributed by atoms with E-state index in [9.17, 15) is 9.59 Å².